The Morgan fingerprint density at radius 2 is 1.79 bits per heavy atom. The van der Waals surface area contributed by atoms with E-state index in [2.05, 4.69) is 4.98 Å². The number of anilines is 1. The quantitative estimate of drug-likeness (QED) is 0.669. The van der Waals surface area contributed by atoms with Crippen LogP contribution in [0, 0.1) is 10.1 Å². The fourth-order valence-electron chi connectivity index (χ4n) is 1.42. The Balaban J connectivity index is 2.18. The van der Waals surface area contributed by atoms with Crippen molar-refractivity contribution < 1.29 is 14.4 Å². The van der Waals surface area contributed by atoms with Crippen LogP contribution in [0.25, 0.3) is 0 Å². The van der Waals surface area contributed by atoms with Crippen LogP contribution in [0.1, 0.15) is 0 Å². The number of hydrogen-bond donors (Lipinski definition) is 1. The maximum atomic E-state index is 10.6. The first-order valence-corrected chi connectivity index (χ1v) is 5.33. The Hall–Kier alpha value is -2.83. The van der Waals surface area contributed by atoms with Gasteiger partial charge in [-0.05, 0) is 24.3 Å². The molecule has 1 aromatic carbocycles. The summed E-state index contributed by atoms with van der Waals surface area (Å²) in [7, 11) is 1.56. The maximum Gasteiger partial charge on any atom is 0.311 e. The van der Waals surface area contributed by atoms with Crippen LogP contribution in [-0.2, 0) is 0 Å². The van der Waals surface area contributed by atoms with Gasteiger partial charge >= 0.3 is 5.69 Å². The largest absolute Gasteiger partial charge is 0.497 e. The van der Waals surface area contributed by atoms with E-state index in [0.29, 0.717) is 11.5 Å². The SMILES string of the molecule is COc1ccc(Oc2ccc([N+](=O)[O-])c(N)n2)cc1. The molecule has 0 saturated heterocycles. The second kappa shape index (κ2) is 5.21. The Morgan fingerprint density at radius 1 is 1.16 bits per heavy atom. The van der Waals surface area contributed by atoms with Crippen LogP contribution >= 0.6 is 0 Å². The van der Waals surface area contributed by atoms with Gasteiger partial charge in [-0.1, -0.05) is 0 Å². The summed E-state index contributed by atoms with van der Waals surface area (Å²) in [6.07, 6.45) is 0. The third-order valence-electron chi connectivity index (χ3n) is 2.36. The number of nitrogens with zero attached hydrogens (tertiary/aromatic N) is 2. The molecule has 2 aromatic rings. The number of nitro groups is 1. The summed E-state index contributed by atoms with van der Waals surface area (Å²) in [6.45, 7) is 0. The van der Waals surface area contributed by atoms with Gasteiger partial charge in [0.15, 0.2) is 0 Å². The molecule has 0 aliphatic rings. The summed E-state index contributed by atoms with van der Waals surface area (Å²) < 4.78 is 10.4. The van der Waals surface area contributed by atoms with E-state index < -0.39 is 4.92 Å². The van der Waals surface area contributed by atoms with Crippen molar-refractivity contribution in [2.24, 2.45) is 0 Å². The topological polar surface area (TPSA) is 101 Å². The molecule has 0 aliphatic carbocycles. The van der Waals surface area contributed by atoms with Crippen LogP contribution in [0.5, 0.6) is 17.4 Å². The van der Waals surface area contributed by atoms with Gasteiger partial charge in [-0.3, -0.25) is 10.1 Å². The molecule has 7 heteroatoms. The smallest absolute Gasteiger partial charge is 0.311 e. The molecule has 0 unspecified atom stereocenters. The van der Waals surface area contributed by atoms with Crippen molar-refractivity contribution in [3.05, 3.63) is 46.5 Å². The number of aromatic nitrogens is 1. The lowest BCUT2D eigenvalue weighted by atomic mass is 10.3. The number of rotatable bonds is 4. The monoisotopic (exact) mass is 261 g/mol. The molecule has 1 aromatic heterocycles. The van der Waals surface area contributed by atoms with Gasteiger partial charge in [0.25, 0.3) is 0 Å². The first kappa shape index (κ1) is 12.6. The summed E-state index contributed by atoms with van der Waals surface area (Å²) in [5, 5.41) is 10.6. The third-order valence-corrected chi connectivity index (χ3v) is 2.36. The Labute approximate surface area is 108 Å². The van der Waals surface area contributed by atoms with Gasteiger partial charge in [0.2, 0.25) is 11.7 Å². The number of benzene rings is 1. The number of pyridine rings is 1. The van der Waals surface area contributed by atoms with Crippen molar-refractivity contribution in [2.45, 2.75) is 0 Å². The average Bonchev–Trinajstić information content (AvgIpc) is 2.39. The molecule has 0 radical (unpaired) electrons. The standard InChI is InChI=1S/C12H11N3O4/c1-18-8-2-4-9(5-3-8)19-11-7-6-10(15(16)17)12(13)14-11/h2-7H,1H3,(H2,13,14). The molecular formula is C12H11N3O4. The van der Waals surface area contributed by atoms with Crippen molar-refractivity contribution in [1.29, 1.82) is 0 Å². The number of ether oxygens (including phenoxy) is 2. The van der Waals surface area contributed by atoms with Crippen molar-refractivity contribution in [3.63, 3.8) is 0 Å². The van der Waals surface area contributed by atoms with Gasteiger partial charge < -0.3 is 15.2 Å². The summed E-state index contributed by atoms with van der Waals surface area (Å²) in [6, 6.07) is 9.48. The molecule has 0 aliphatic heterocycles. The normalized spacial score (nSPS) is 9.95. The van der Waals surface area contributed by atoms with Gasteiger partial charge in [-0.2, -0.15) is 4.98 Å². The molecule has 7 nitrogen and oxygen atoms in total. The van der Waals surface area contributed by atoms with Gasteiger partial charge in [-0.15, -0.1) is 0 Å². The molecule has 0 atom stereocenters. The van der Waals surface area contributed by atoms with Crippen molar-refractivity contribution in [2.75, 3.05) is 12.8 Å². The second-order valence-electron chi connectivity index (χ2n) is 3.59. The highest BCUT2D eigenvalue weighted by atomic mass is 16.6. The number of nitrogen functional groups attached to an aromatic ring is 1. The second-order valence-corrected chi connectivity index (χ2v) is 3.59. The van der Waals surface area contributed by atoms with Gasteiger partial charge in [0.05, 0.1) is 12.0 Å². The van der Waals surface area contributed by atoms with Crippen LogP contribution in [0.2, 0.25) is 0 Å². The predicted molar refractivity (Wildman–Crippen MR) is 68.4 cm³/mol. The van der Waals surface area contributed by atoms with Gasteiger partial charge in [-0.25, -0.2) is 0 Å². The van der Waals surface area contributed by atoms with E-state index in [4.69, 9.17) is 15.2 Å². The molecule has 2 N–H and O–H groups in total. The van der Waals surface area contributed by atoms with E-state index in [1.54, 1.807) is 31.4 Å². The minimum atomic E-state index is -0.598. The zero-order valence-corrected chi connectivity index (χ0v) is 10.1. The highest BCUT2D eigenvalue weighted by Gasteiger charge is 2.13. The van der Waals surface area contributed by atoms with E-state index in [0.717, 1.165) is 0 Å². The van der Waals surface area contributed by atoms with Crippen LogP contribution in [0.3, 0.4) is 0 Å². The molecule has 98 valence electrons. The molecular weight excluding hydrogens is 250 g/mol. The average molecular weight is 261 g/mol. The molecule has 0 bridgehead atoms. The third kappa shape index (κ3) is 2.89. The van der Waals surface area contributed by atoms with Gasteiger partial charge in [0, 0.05) is 12.1 Å². The molecule has 0 saturated carbocycles. The first-order chi connectivity index (χ1) is 9.10. The van der Waals surface area contributed by atoms with E-state index >= 15 is 0 Å². The molecule has 0 amide bonds. The van der Waals surface area contributed by atoms with Crippen LogP contribution in [0.15, 0.2) is 36.4 Å². The Morgan fingerprint density at radius 3 is 2.32 bits per heavy atom. The van der Waals surface area contributed by atoms with E-state index in [1.165, 1.54) is 12.1 Å². The number of nitrogens with two attached hydrogens (primary N) is 1. The molecule has 0 spiro atoms. The zero-order chi connectivity index (χ0) is 13.8. The molecule has 0 fully saturated rings. The van der Waals surface area contributed by atoms with Crippen LogP contribution in [0.4, 0.5) is 11.5 Å². The number of hydrogen-bond acceptors (Lipinski definition) is 6. The fourth-order valence-corrected chi connectivity index (χ4v) is 1.42. The summed E-state index contributed by atoms with van der Waals surface area (Å²) in [5.41, 5.74) is 5.22. The van der Waals surface area contributed by atoms with E-state index in [1.807, 2.05) is 0 Å². The zero-order valence-electron chi connectivity index (χ0n) is 10.1. The first-order valence-electron chi connectivity index (χ1n) is 5.33. The lowest BCUT2D eigenvalue weighted by Crippen LogP contribution is -1.99. The molecule has 1 heterocycles. The molecule has 19 heavy (non-hydrogen) atoms. The summed E-state index contributed by atoms with van der Waals surface area (Å²) >= 11 is 0. The minimum absolute atomic E-state index is 0.184. The highest BCUT2D eigenvalue weighted by molar-refractivity contribution is 5.53. The highest BCUT2D eigenvalue weighted by Crippen LogP contribution is 2.26. The van der Waals surface area contributed by atoms with Crippen LogP contribution < -0.4 is 15.2 Å². The van der Waals surface area contributed by atoms with E-state index in [-0.39, 0.29) is 17.4 Å². The van der Waals surface area contributed by atoms with Crippen molar-refractivity contribution in [1.82, 2.24) is 4.98 Å². The Kier molecular flexibility index (Phi) is 3.46. The molecule has 2 rings (SSSR count). The predicted octanol–water partition coefficient (Wildman–Crippen LogP) is 2.37. The van der Waals surface area contributed by atoms with Gasteiger partial charge in [0.1, 0.15) is 11.5 Å². The lowest BCUT2D eigenvalue weighted by Gasteiger charge is -2.06. The maximum absolute atomic E-state index is 10.6. The summed E-state index contributed by atoms with van der Waals surface area (Å²) in [5.74, 6) is 1.23. The number of methoxy groups -OCH3 is 1. The fraction of sp³-hybridized carbons (Fsp3) is 0.0833. The summed E-state index contributed by atoms with van der Waals surface area (Å²) in [4.78, 5) is 13.8. The van der Waals surface area contributed by atoms with Crippen molar-refractivity contribution >= 4 is 11.5 Å². The van der Waals surface area contributed by atoms with Crippen molar-refractivity contribution in [3.8, 4) is 17.4 Å². The minimum Gasteiger partial charge on any atom is -0.497 e. The Bertz CT molecular complexity index is 598. The lowest BCUT2D eigenvalue weighted by molar-refractivity contribution is -0.384. The van der Waals surface area contributed by atoms with Crippen LogP contribution in [-0.4, -0.2) is 17.0 Å². The van der Waals surface area contributed by atoms with E-state index in [9.17, 15) is 10.1 Å².